The highest BCUT2D eigenvalue weighted by Crippen LogP contribution is 2.15. The molecular formula is C8H10FN. The Bertz CT molecular complexity index is 205. The molecule has 1 rings (SSSR count). The first kappa shape index (κ1) is 7.06. The number of aryl methyl sites for hydroxylation is 2. The monoisotopic (exact) mass is 139 g/mol. The number of rotatable bonds is 0. The molecule has 0 atom stereocenters. The van der Waals surface area contributed by atoms with Gasteiger partial charge < -0.3 is 5.73 Å². The van der Waals surface area contributed by atoms with Crippen molar-refractivity contribution >= 4 is 5.69 Å². The zero-order valence-corrected chi connectivity index (χ0v) is 6.11. The van der Waals surface area contributed by atoms with Gasteiger partial charge in [0.1, 0.15) is 5.82 Å². The van der Waals surface area contributed by atoms with Crippen LogP contribution >= 0.6 is 0 Å². The first-order valence-electron chi connectivity index (χ1n) is 3.13. The topological polar surface area (TPSA) is 26.0 Å². The number of nitrogens with two attached hydrogens (primary N) is 1. The van der Waals surface area contributed by atoms with Crippen LogP contribution in [0.3, 0.4) is 0 Å². The first-order chi connectivity index (χ1) is 4.61. The lowest BCUT2D eigenvalue weighted by atomic mass is 10.1. The molecule has 0 heterocycles. The number of hydrogen-bond donors (Lipinski definition) is 1. The maximum Gasteiger partial charge on any atom is 0.126 e. The summed E-state index contributed by atoms with van der Waals surface area (Å²) in [7, 11) is 0. The molecule has 0 amide bonds. The van der Waals surface area contributed by atoms with Crippen molar-refractivity contribution in [1.82, 2.24) is 0 Å². The molecule has 1 aromatic carbocycles. The first-order valence-corrected chi connectivity index (χ1v) is 3.13. The summed E-state index contributed by atoms with van der Waals surface area (Å²) in [6, 6.07) is 3.09. The van der Waals surface area contributed by atoms with Gasteiger partial charge in [0.25, 0.3) is 0 Å². The normalized spacial score (nSPS) is 9.90. The number of anilines is 1. The van der Waals surface area contributed by atoms with E-state index in [9.17, 15) is 4.39 Å². The number of halogens is 1. The van der Waals surface area contributed by atoms with Crippen LogP contribution in [0.4, 0.5) is 10.1 Å². The van der Waals surface area contributed by atoms with E-state index in [-0.39, 0.29) is 5.82 Å². The van der Waals surface area contributed by atoms with Crippen LogP contribution in [0.15, 0.2) is 12.1 Å². The molecule has 0 saturated heterocycles. The molecule has 2 heteroatoms. The maximum absolute atomic E-state index is 12.7. The quantitative estimate of drug-likeness (QED) is 0.547. The van der Waals surface area contributed by atoms with Crippen molar-refractivity contribution < 1.29 is 4.39 Å². The van der Waals surface area contributed by atoms with Crippen molar-refractivity contribution in [2.24, 2.45) is 0 Å². The Hall–Kier alpha value is -1.05. The summed E-state index contributed by atoms with van der Waals surface area (Å²) in [6.45, 7) is 3.49. The molecule has 0 radical (unpaired) electrons. The third-order valence-corrected chi connectivity index (χ3v) is 1.55. The van der Waals surface area contributed by atoms with E-state index in [1.807, 2.05) is 0 Å². The van der Waals surface area contributed by atoms with Gasteiger partial charge in [0.2, 0.25) is 0 Å². The summed E-state index contributed by atoms with van der Waals surface area (Å²) in [5, 5.41) is 0. The summed E-state index contributed by atoms with van der Waals surface area (Å²) in [5.74, 6) is -0.188. The van der Waals surface area contributed by atoms with Gasteiger partial charge in [0.15, 0.2) is 0 Å². The third kappa shape index (κ3) is 1.10. The minimum atomic E-state index is -0.188. The zero-order valence-electron chi connectivity index (χ0n) is 6.11. The van der Waals surface area contributed by atoms with Crippen LogP contribution in [0.2, 0.25) is 0 Å². The highest BCUT2D eigenvalue weighted by molar-refractivity contribution is 5.48. The van der Waals surface area contributed by atoms with Crippen LogP contribution in [-0.4, -0.2) is 0 Å². The number of benzene rings is 1. The molecule has 2 N–H and O–H groups in total. The van der Waals surface area contributed by atoms with Crippen molar-refractivity contribution in [3.63, 3.8) is 0 Å². The number of hydrogen-bond acceptors (Lipinski definition) is 1. The third-order valence-electron chi connectivity index (χ3n) is 1.55. The van der Waals surface area contributed by atoms with Gasteiger partial charge in [-0.1, -0.05) is 0 Å². The zero-order chi connectivity index (χ0) is 7.72. The smallest absolute Gasteiger partial charge is 0.126 e. The van der Waals surface area contributed by atoms with E-state index in [4.69, 9.17) is 5.73 Å². The highest BCUT2D eigenvalue weighted by atomic mass is 19.1. The average molecular weight is 139 g/mol. The van der Waals surface area contributed by atoms with Crippen LogP contribution in [0.25, 0.3) is 0 Å². The Labute approximate surface area is 59.7 Å². The molecule has 0 aliphatic rings. The lowest BCUT2D eigenvalue weighted by Gasteiger charge is -2.01. The van der Waals surface area contributed by atoms with Gasteiger partial charge in [-0.3, -0.25) is 0 Å². The predicted molar refractivity (Wildman–Crippen MR) is 40.3 cm³/mol. The fourth-order valence-corrected chi connectivity index (χ4v) is 0.803. The second-order valence-corrected chi connectivity index (χ2v) is 2.46. The lowest BCUT2D eigenvalue weighted by molar-refractivity contribution is 0.617. The highest BCUT2D eigenvalue weighted by Gasteiger charge is 1.99. The average Bonchev–Trinajstić information content (AvgIpc) is 1.84. The minimum Gasteiger partial charge on any atom is -0.399 e. The molecule has 0 unspecified atom stereocenters. The Morgan fingerprint density at radius 2 is 1.80 bits per heavy atom. The Balaban J connectivity index is 3.28. The van der Waals surface area contributed by atoms with Gasteiger partial charge in [-0.05, 0) is 37.1 Å². The van der Waals surface area contributed by atoms with Crippen molar-refractivity contribution in [3.05, 3.63) is 29.1 Å². The minimum absolute atomic E-state index is 0.188. The molecule has 10 heavy (non-hydrogen) atoms. The van der Waals surface area contributed by atoms with Crippen molar-refractivity contribution in [1.29, 1.82) is 0 Å². The molecular weight excluding hydrogens is 129 g/mol. The molecule has 0 aliphatic heterocycles. The van der Waals surface area contributed by atoms with Crippen LogP contribution in [0.1, 0.15) is 11.1 Å². The summed E-state index contributed by atoms with van der Waals surface area (Å²) in [5.41, 5.74) is 7.57. The Kier molecular flexibility index (Phi) is 1.62. The van der Waals surface area contributed by atoms with Crippen molar-refractivity contribution in [3.8, 4) is 0 Å². The van der Waals surface area contributed by atoms with E-state index in [1.54, 1.807) is 19.9 Å². The van der Waals surface area contributed by atoms with Gasteiger partial charge in [-0.15, -0.1) is 0 Å². The molecule has 0 bridgehead atoms. The SMILES string of the molecule is Cc1cc(F)c(C)cc1N. The summed E-state index contributed by atoms with van der Waals surface area (Å²) >= 11 is 0. The van der Waals surface area contributed by atoms with Crippen LogP contribution < -0.4 is 5.73 Å². The molecule has 1 nitrogen and oxygen atoms in total. The molecule has 0 aromatic heterocycles. The van der Waals surface area contributed by atoms with E-state index in [0.717, 1.165) is 5.56 Å². The molecule has 54 valence electrons. The van der Waals surface area contributed by atoms with Gasteiger partial charge in [-0.2, -0.15) is 0 Å². The van der Waals surface area contributed by atoms with Crippen LogP contribution in [0.5, 0.6) is 0 Å². The second kappa shape index (κ2) is 2.29. The van der Waals surface area contributed by atoms with E-state index in [0.29, 0.717) is 11.3 Å². The van der Waals surface area contributed by atoms with Gasteiger partial charge in [-0.25, -0.2) is 4.39 Å². The van der Waals surface area contributed by atoms with Crippen LogP contribution in [-0.2, 0) is 0 Å². The predicted octanol–water partition coefficient (Wildman–Crippen LogP) is 2.02. The lowest BCUT2D eigenvalue weighted by Crippen LogP contribution is -1.92. The van der Waals surface area contributed by atoms with Crippen molar-refractivity contribution in [2.75, 3.05) is 5.73 Å². The van der Waals surface area contributed by atoms with Crippen molar-refractivity contribution in [2.45, 2.75) is 13.8 Å². The Morgan fingerprint density at radius 3 is 2.30 bits per heavy atom. The second-order valence-electron chi connectivity index (χ2n) is 2.46. The summed E-state index contributed by atoms with van der Waals surface area (Å²) in [4.78, 5) is 0. The van der Waals surface area contributed by atoms with Crippen LogP contribution in [0, 0.1) is 19.7 Å². The summed E-state index contributed by atoms with van der Waals surface area (Å²) in [6.07, 6.45) is 0. The molecule has 0 fully saturated rings. The van der Waals surface area contributed by atoms with Gasteiger partial charge >= 0.3 is 0 Å². The molecule has 1 aromatic rings. The van der Waals surface area contributed by atoms with E-state index >= 15 is 0 Å². The van der Waals surface area contributed by atoms with E-state index < -0.39 is 0 Å². The fourth-order valence-electron chi connectivity index (χ4n) is 0.803. The Morgan fingerprint density at radius 1 is 1.20 bits per heavy atom. The fraction of sp³-hybridized carbons (Fsp3) is 0.250. The van der Waals surface area contributed by atoms with E-state index in [1.165, 1.54) is 6.07 Å². The molecule has 0 aliphatic carbocycles. The maximum atomic E-state index is 12.7. The standard InChI is InChI=1S/C8H10FN/c1-5-4-8(10)6(2)3-7(5)9/h3-4H,10H2,1-2H3. The van der Waals surface area contributed by atoms with Gasteiger partial charge in [0.05, 0.1) is 0 Å². The molecule has 0 saturated carbocycles. The summed E-state index contributed by atoms with van der Waals surface area (Å²) < 4.78 is 12.7. The number of nitrogen functional groups attached to an aromatic ring is 1. The van der Waals surface area contributed by atoms with Gasteiger partial charge in [0, 0.05) is 5.69 Å². The van der Waals surface area contributed by atoms with E-state index in [2.05, 4.69) is 0 Å². The molecule has 0 spiro atoms. The largest absolute Gasteiger partial charge is 0.399 e.